The second-order valence-electron chi connectivity index (χ2n) is 4.62. The molecule has 94 valence electrons. The molecule has 1 aromatic rings. The summed E-state index contributed by atoms with van der Waals surface area (Å²) in [6, 6.07) is 4.30. The quantitative estimate of drug-likeness (QED) is 0.860. The first-order valence-corrected chi connectivity index (χ1v) is 5.42. The van der Waals surface area contributed by atoms with Crippen molar-refractivity contribution in [2.45, 2.75) is 32.1 Å². The van der Waals surface area contributed by atoms with Crippen LogP contribution < -0.4 is 4.74 Å². The molecule has 0 heterocycles. The molecule has 3 nitrogen and oxygen atoms in total. The highest BCUT2D eigenvalue weighted by Gasteiger charge is 2.25. The molecule has 0 aliphatic rings. The summed E-state index contributed by atoms with van der Waals surface area (Å²) in [5.74, 6) is -0.612. The second kappa shape index (κ2) is 5.17. The number of carboxylic acids is 1. The smallest absolute Gasteiger partial charge is 0.303 e. The van der Waals surface area contributed by atoms with Crippen molar-refractivity contribution in [3.8, 4) is 5.75 Å². The minimum atomic E-state index is -0.853. The van der Waals surface area contributed by atoms with Gasteiger partial charge in [0.1, 0.15) is 11.6 Å². The van der Waals surface area contributed by atoms with Gasteiger partial charge in [0, 0.05) is 12.0 Å². The molecule has 0 aliphatic carbocycles. The minimum Gasteiger partial charge on any atom is -0.496 e. The summed E-state index contributed by atoms with van der Waals surface area (Å²) in [6.45, 7) is 3.76. The summed E-state index contributed by atoms with van der Waals surface area (Å²) in [5.41, 5.74) is 0.257. The summed E-state index contributed by atoms with van der Waals surface area (Å²) in [7, 11) is 1.52. The van der Waals surface area contributed by atoms with E-state index in [4.69, 9.17) is 9.84 Å². The van der Waals surface area contributed by atoms with E-state index in [9.17, 15) is 9.18 Å². The van der Waals surface area contributed by atoms with Crippen LogP contribution in [0, 0.1) is 5.82 Å². The van der Waals surface area contributed by atoms with Crippen LogP contribution in [0.4, 0.5) is 4.39 Å². The lowest BCUT2D eigenvalue weighted by Crippen LogP contribution is -2.20. The van der Waals surface area contributed by atoms with Gasteiger partial charge in [-0.15, -0.1) is 0 Å². The van der Waals surface area contributed by atoms with Crippen molar-refractivity contribution in [1.82, 2.24) is 0 Å². The number of methoxy groups -OCH3 is 1. The van der Waals surface area contributed by atoms with Gasteiger partial charge in [-0.3, -0.25) is 4.79 Å². The fourth-order valence-corrected chi connectivity index (χ4v) is 1.76. The van der Waals surface area contributed by atoms with Gasteiger partial charge in [-0.25, -0.2) is 4.39 Å². The molecule has 0 aliphatic heterocycles. The molecule has 1 aromatic carbocycles. The lowest BCUT2D eigenvalue weighted by atomic mass is 9.80. The molecule has 0 bridgehead atoms. The van der Waals surface area contributed by atoms with Crippen molar-refractivity contribution in [3.63, 3.8) is 0 Å². The van der Waals surface area contributed by atoms with Crippen LogP contribution in [0.15, 0.2) is 18.2 Å². The molecular weight excluding hydrogens is 223 g/mol. The highest BCUT2D eigenvalue weighted by atomic mass is 19.1. The Morgan fingerprint density at radius 1 is 1.47 bits per heavy atom. The second-order valence-corrected chi connectivity index (χ2v) is 4.62. The van der Waals surface area contributed by atoms with Crippen molar-refractivity contribution in [2.75, 3.05) is 7.11 Å². The van der Waals surface area contributed by atoms with Crippen LogP contribution in [-0.4, -0.2) is 18.2 Å². The fraction of sp³-hybridized carbons (Fsp3) is 0.462. The molecule has 0 atom stereocenters. The highest BCUT2D eigenvalue weighted by Crippen LogP contribution is 2.35. The zero-order chi connectivity index (χ0) is 13.1. The van der Waals surface area contributed by atoms with E-state index in [0.29, 0.717) is 17.7 Å². The molecule has 0 saturated carbocycles. The Balaban J connectivity index is 3.03. The van der Waals surface area contributed by atoms with Crippen LogP contribution in [0.1, 0.15) is 32.3 Å². The summed E-state index contributed by atoms with van der Waals surface area (Å²) < 4.78 is 18.4. The molecule has 0 amide bonds. The normalized spacial score (nSPS) is 11.3. The van der Waals surface area contributed by atoms with Crippen LogP contribution in [0.25, 0.3) is 0 Å². The van der Waals surface area contributed by atoms with Crippen molar-refractivity contribution in [3.05, 3.63) is 29.6 Å². The van der Waals surface area contributed by atoms with E-state index in [-0.39, 0.29) is 12.2 Å². The number of halogens is 1. The van der Waals surface area contributed by atoms with Gasteiger partial charge in [-0.2, -0.15) is 0 Å². The maximum absolute atomic E-state index is 13.2. The van der Waals surface area contributed by atoms with Gasteiger partial charge in [0.05, 0.1) is 7.11 Å². The molecule has 1 N–H and O–H groups in total. The predicted molar refractivity (Wildman–Crippen MR) is 62.8 cm³/mol. The van der Waals surface area contributed by atoms with Crippen molar-refractivity contribution < 1.29 is 19.0 Å². The molecule has 4 heteroatoms. The lowest BCUT2D eigenvalue weighted by Gasteiger charge is -2.26. The Kier molecular flexibility index (Phi) is 4.10. The number of benzene rings is 1. The maximum Gasteiger partial charge on any atom is 0.303 e. The molecule has 0 spiro atoms. The third kappa shape index (κ3) is 3.44. The largest absolute Gasteiger partial charge is 0.496 e. The number of rotatable bonds is 5. The monoisotopic (exact) mass is 240 g/mol. The topological polar surface area (TPSA) is 46.5 Å². The zero-order valence-corrected chi connectivity index (χ0v) is 10.3. The molecule has 0 fully saturated rings. The van der Waals surface area contributed by atoms with E-state index in [1.807, 2.05) is 13.8 Å². The third-order valence-electron chi connectivity index (χ3n) is 2.85. The van der Waals surface area contributed by atoms with Crippen molar-refractivity contribution >= 4 is 5.97 Å². The maximum atomic E-state index is 13.2. The van der Waals surface area contributed by atoms with E-state index in [1.165, 1.54) is 19.2 Å². The van der Waals surface area contributed by atoms with E-state index in [0.717, 1.165) is 0 Å². The van der Waals surface area contributed by atoms with Gasteiger partial charge < -0.3 is 9.84 Å². The zero-order valence-electron chi connectivity index (χ0n) is 10.3. The molecule has 0 unspecified atom stereocenters. The molecule has 0 aromatic heterocycles. The number of carbonyl (C=O) groups is 1. The van der Waals surface area contributed by atoms with Crippen molar-refractivity contribution in [2.24, 2.45) is 0 Å². The first-order chi connectivity index (χ1) is 7.86. The van der Waals surface area contributed by atoms with E-state index in [1.54, 1.807) is 6.07 Å². The van der Waals surface area contributed by atoms with Crippen LogP contribution in [0.5, 0.6) is 5.75 Å². The van der Waals surface area contributed by atoms with Gasteiger partial charge in [0.2, 0.25) is 0 Å². The molecule has 17 heavy (non-hydrogen) atoms. The van der Waals surface area contributed by atoms with Crippen LogP contribution >= 0.6 is 0 Å². The standard InChI is InChI=1S/C13H17FO3/c1-13(2,7-6-12(15)16)10-8-9(14)4-5-11(10)17-3/h4-5,8H,6-7H2,1-3H3,(H,15,16). The minimum absolute atomic E-state index is 0.0483. The van der Waals surface area contributed by atoms with E-state index < -0.39 is 11.4 Å². The van der Waals surface area contributed by atoms with Gasteiger partial charge in [-0.05, 0) is 30.0 Å². The van der Waals surface area contributed by atoms with Crippen LogP contribution in [-0.2, 0) is 10.2 Å². The number of ether oxygens (including phenoxy) is 1. The highest BCUT2D eigenvalue weighted by molar-refractivity contribution is 5.66. The van der Waals surface area contributed by atoms with Crippen LogP contribution in [0.3, 0.4) is 0 Å². The van der Waals surface area contributed by atoms with Gasteiger partial charge in [-0.1, -0.05) is 13.8 Å². The summed E-state index contributed by atoms with van der Waals surface area (Å²) >= 11 is 0. The van der Waals surface area contributed by atoms with Gasteiger partial charge >= 0.3 is 5.97 Å². The summed E-state index contributed by atoms with van der Waals surface area (Å²) in [6.07, 6.45) is 0.481. The molecule has 1 rings (SSSR count). The fourth-order valence-electron chi connectivity index (χ4n) is 1.76. The third-order valence-corrected chi connectivity index (χ3v) is 2.85. The van der Waals surface area contributed by atoms with Gasteiger partial charge in [0.15, 0.2) is 0 Å². The Morgan fingerprint density at radius 3 is 2.65 bits per heavy atom. The average molecular weight is 240 g/mol. The van der Waals surface area contributed by atoms with Crippen LogP contribution in [0.2, 0.25) is 0 Å². The lowest BCUT2D eigenvalue weighted by molar-refractivity contribution is -0.137. The number of aliphatic carboxylic acids is 1. The predicted octanol–water partition coefficient (Wildman–Crippen LogP) is 2.98. The molecule has 0 saturated heterocycles. The average Bonchev–Trinajstić information content (AvgIpc) is 2.26. The van der Waals surface area contributed by atoms with E-state index >= 15 is 0 Å². The summed E-state index contributed by atoms with van der Waals surface area (Å²) in [4.78, 5) is 10.6. The number of hydrogen-bond donors (Lipinski definition) is 1. The molecular formula is C13H17FO3. The Hall–Kier alpha value is -1.58. The Labute approximate surface area is 100 Å². The first kappa shape index (κ1) is 13.5. The number of hydrogen-bond acceptors (Lipinski definition) is 2. The number of carboxylic acid groups (broad SMARTS) is 1. The Morgan fingerprint density at radius 2 is 2.12 bits per heavy atom. The van der Waals surface area contributed by atoms with Crippen molar-refractivity contribution in [1.29, 1.82) is 0 Å². The van der Waals surface area contributed by atoms with E-state index in [2.05, 4.69) is 0 Å². The molecule has 0 radical (unpaired) electrons. The Bertz CT molecular complexity index is 413. The SMILES string of the molecule is COc1ccc(F)cc1C(C)(C)CCC(=O)O. The summed E-state index contributed by atoms with van der Waals surface area (Å²) in [5, 5.41) is 8.70. The van der Waals surface area contributed by atoms with Gasteiger partial charge in [0.25, 0.3) is 0 Å². The first-order valence-electron chi connectivity index (χ1n) is 5.42.